The molecule has 98 valence electrons. The molecule has 3 nitrogen and oxygen atoms in total. The van der Waals surface area contributed by atoms with Crippen LogP contribution in [-0.4, -0.2) is 23.3 Å². The standard InChI is InChI=1S/C11H5F3N2OSSe/c12-11(13,14)6-1-2-7-8(5-6)19-16(9(7)17)10-15-3-4-18-10/h1-5H. The van der Waals surface area contributed by atoms with Crippen molar-refractivity contribution in [2.45, 2.75) is 6.18 Å². The molecule has 0 N–H and O–H groups in total. The van der Waals surface area contributed by atoms with Gasteiger partial charge >= 0.3 is 114 Å². The summed E-state index contributed by atoms with van der Waals surface area (Å²) in [5.74, 6) is 0. The molecule has 0 spiro atoms. The normalized spacial score (nSPS) is 12.2. The van der Waals surface area contributed by atoms with Crippen LogP contribution in [0.3, 0.4) is 0 Å². The van der Waals surface area contributed by atoms with Gasteiger partial charge < -0.3 is 0 Å². The maximum absolute atomic E-state index is 12.6. The molecule has 2 heterocycles. The molecule has 0 radical (unpaired) electrons. The number of benzene rings is 1. The zero-order chi connectivity index (χ0) is 13.6. The number of alkyl halides is 3. The van der Waals surface area contributed by atoms with E-state index < -0.39 is 26.5 Å². The average Bonchev–Trinajstić information content (AvgIpc) is 2.96. The van der Waals surface area contributed by atoms with E-state index in [1.54, 1.807) is 11.6 Å². The van der Waals surface area contributed by atoms with Crippen molar-refractivity contribution in [3.05, 3.63) is 45.7 Å². The second kappa shape index (κ2) is 4.33. The van der Waals surface area contributed by atoms with Crippen LogP contribution < -0.4 is 5.56 Å². The summed E-state index contributed by atoms with van der Waals surface area (Å²) in [4.78, 5) is 16.1. The van der Waals surface area contributed by atoms with Gasteiger partial charge in [-0.15, -0.1) is 0 Å². The molecule has 0 aliphatic heterocycles. The van der Waals surface area contributed by atoms with Gasteiger partial charge in [0, 0.05) is 0 Å². The van der Waals surface area contributed by atoms with Crippen LogP contribution in [0.15, 0.2) is 34.6 Å². The third-order valence-corrected chi connectivity index (χ3v) is 5.74. The van der Waals surface area contributed by atoms with Gasteiger partial charge in [0.2, 0.25) is 0 Å². The minimum absolute atomic E-state index is 0.279. The molecule has 1 aromatic carbocycles. The molecule has 3 aromatic rings. The molecule has 19 heavy (non-hydrogen) atoms. The first-order chi connectivity index (χ1) is 8.97. The van der Waals surface area contributed by atoms with E-state index in [-0.39, 0.29) is 5.56 Å². The van der Waals surface area contributed by atoms with Gasteiger partial charge in [0.25, 0.3) is 0 Å². The fourth-order valence-electron chi connectivity index (χ4n) is 1.64. The molecule has 0 fully saturated rings. The van der Waals surface area contributed by atoms with E-state index in [4.69, 9.17) is 0 Å². The number of thiazole rings is 1. The number of fused-ring (bicyclic) bond motifs is 1. The van der Waals surface area contributed by atoms with Crippen molar-refractivity contribution in [1.82, 2.24) is 8.55 Å². The minimum atomic E-state index is -4.39. The van der Waals surface area contributed by atoms with E-state index in [0.717, 1.165) is 12.1 Å². The summed E-state index contributed by atoms with van der Waals surface area (Å²) in [6.45, 7) is 0. The van der Waals surface area contributed by atoms with Crippen molar-refractivity contribution in [1.29, 1.82) is 0 Å². The van der Waals surface area contributed by atoms with Gasteiger partial charge in [-0.05, 0) is 0 Å². The first-order valence-corrected chi connectivity index (χ1v) is 7.60. The van der Waals surface area contributed by atoms with Gasteiger partial charge in [-0.1, -0.05) is 0 Å². The third kappa shape index (κ3) is 2.16. The zero-order valence-corrected chi connectivity index (χ0v) is 11.7. The summed E-state index contributed by atoms with van der Waals surface area (Å²) < 4.78 is 39.8. The first-order valence-electron chi connectivity index (χ1n) is 5.10. The van der Waals surface area contributed by atoms with Gasteiger partial charge in [-0.2, -0.15) is 0 Å². The van der Waals surface area contributed by atoms with Crippen LogP contribution in [0.1, 0.15) is 5.56 Å². The number of aromatic nitrogens is 2. The Labute approximate surface area is 114 Å². The molecule has 2 aromatic heterocycles. The molecular weight excluding hydrogens is 344 g/mol. The van der Waals surface area contributed by atoms with Gasteiger partial charge in [-0.25, -0.2) is 0 Å². The number of rotatable bonds is 1. The topological polar surface area (TPSA) is 34.9 Å². The summed E-state index contributed by atoms with van der Waals surface area (Å²) in [5, 5.41) is 2.58. The molecule has 0 aliphatic rings. The number of hydrogen-bond acceptors (Lipinski definition) is 3. The Morgan fingerprint density at radius 2 is 2.11 bits per heavy atom. The maximum atomic E-state index is 12.6. The van der Waals surface area contributed by atoms with E-state index in [0.29, 0.717) is 14.8 Å². The Balaban J connectivity index is 2.24. The Bertz CT molecular complexity index is 788. The Hall–Kier alpha value is -1.37. The van der Waals surface area contributed by atoms with Crippen LogP contribution in [0, 0.1) is 0 Å². The predicted octanol–water partition coefficient (Wildman–Crippen LogP) is 2.52. The molecule has 8 heteroatoms. The van der Waals surface area contributed by atoms with Gasteiger partial charge in [0.05, 0.1) is 0 Å². The first kappa shape index (κ1) is 12.7. The summed E-state index contributed by atoms with van der Waals surface area (Å²) in [7, 11) is 0. The summed E-state index contributed by atoms with van der Waals surface area (Å²) in [5.41, 5.74) is -0.999. The quantitative estimate of drug-likeness (QED) is 0.633. The molecule has 0 saturated carbocycles. The molecule has 0 amide bonds. The predicted molar refractivity (Wildman–Crippen MR) is 67.2 cm³/mol. The van der Waals surface area contributed by atoms with Gasteiger partial charge in [0.1, 0.15) is 0 Å². The van der Waals surface area contributed by atoms with E-state index in [1.807, 2.05) is 0 Å². The molecule has 0 unspecified atom stereocenters. The second-order valence-electron chi connectivity index (χ2n) is 3.71. The molecule has 0 aliphatic carbocycles. The van der Waals surface area contributed by atoms with Crippen molar-refractivity contribution in [3.8, 4) is 5.13 Å². The Morgan fingerprint density at radius 1 is 1.32 bits per heavy atom. The van der Waals surface area contributed by atoms with Crippen molar-refractivity contribution >= 4 is 35.7 Å². The molecule has 3 rings (SSSR count). The van der Waals surface area contributed by atoms with Crippen molar-refractivity contribution in [2.24, 2.45) is 0 Å². The number of halogens is 3. The SMILES string of the molecule is O=c1c2ccc(C(F)(F)F)cc2[se]n1-c1nccs1. The molecular formula is C11H5F3N2OSSe. The van der Waals surface area contributed by atoms with Crippen LogP contribution >= 0.6 is 11.3 Å². The van der Waals surface area contributed by atoms with Crippen LogP contribution in [0.25, 0.3) is 14.8 Å². The zero-order valence-electron chi connectivity index (χ0n) is 9.14. The number of hydrogen-bond donors (Lipinski definition) is 0. The fourth-order valence-corrected chi connectivity index (χ4v) is 4.62. The summed E-state index contributed by atoms with van der Waals surface area (Å²) in [6, 6.07) is 3.24. The van der Waals surface area contributed by atoms with Crippen molar-refractivity contribution in [3.63, 3.8) is 0 Å². The fraction of sp³-hybridized carbons (Fsp3) is 0.0909. The Morgan fingerprint density at radius 3 is 2.74 bits per heavy atom. The third-order valence-electron chi connectivity index (χ3n) is 2.51. The summed E-state index contributed by atoms with van der Waals surface area (Å²) >= 11 is 0.797. The van der Waals surface area contributed by atoms with Crippen molar-refractivity contribution in [2.75, 3.05) is 0 Å². The van der Waals surface area contributed by atoms with E-state index in [2.05, 4.69) is 4.98 Å². The molecule has 0 atom stereocenters. The molecule has 0 bridgehead atoms. The van der Waals surface area contributed by atoms with Gasteiger partial charge in [-0.3, -0.25) is 0 Å². The van der Waals surface area contributed by atoms with E-state index >= 15 is 0 Å². The molecule has 0 saturated heterocycles. The van der Waals surface area contributed by atoms with Crippen LogP contribution in [0.4, 0.5) is 13.2 Å². The van der Waals surface area contributed by atoms with Crippen molar-refractivity contribution < 1.29 is 13.2 Å². The van der Waals surface area contributed by atoms with E-state index in [9.17, 15) is 18.0 Å². The van der Waals surface area contributed by atoms with Crippen LogP contribution in [0.5, 0.6) is 0 Å². The van der Waals surface area contributed by atoms with Gasteiger partial charge in [0.15, 0.2) is 0 Å². The second-order valence-corrected chi connectivity index (χ2v) is 6.66. The summed E-state index contributed by atoms with van der Waals surface area (Å²) in [6.07, 6.45) is -2.82. The van der Waals surface area contributed by atoms with Crippen LogP contribution in [-0.2, 0) is 6.18 Å². The average molecular weight is 349 g/mol. The van der Waals surface area contributed by atoms with Crippen LogP contribution in [0.2, 0.25) is 0 Å². The Kier molecular flexibility index (Phi) is 2.88. The number of nitrogens with zero attached hydrogens (tertiary/aromatic N) is 2. The van der Waals surface area contributed by atoms with E-state index in [1.165, 1.54) is 21.0 Å². The monoisotopic (exact) mass is 350 g/mol.